The molecule has 0 aliphatic carbocycles. The van der Waals surface area contributed by atoms with E-state index in [-0.39, 0.29) is 0 Å². The third kappa shape index (κ3) is 1.41. The molecule has 0 bridgehead atoms. The highest BCUT2D eigenvalue weighted by atomic mass is 35.5. The van der Waals surface area contributed by atoms with Gasteiger partial charge in [0.25, 0.3) is 0 Å². The van der Waals surface area contributed by atoms with Gasteiger partial charge < -0.3 is 5.73 Å². The fraction of sp³-hybridized carbons (Fsp3) is 0.100. The monoisotopic (exact) mass is 226 g/mol. The Bertz CT molecular complexity index is 509. The largest absolute Gasteiger partial charge is 0.397 e. The van der Waals surface area contributed by atoms with Crippen molar-refractivity contribution < 1.29 is 0 Å². The maximum absolute atomic E-state index is 5.98. The number of aryl methyl sites for hydroxylation is 1. The molecule has 2 N–H and O–H groups in total. The van der Waals surface area contributed by atoms with Gasteiger partial charge in [-0.2, -0.15) is 0 Å². The lowest BCUT2D eigenvalue weighted by Crippen LogP contribution is -1.94. The van der Waals surface area contributed by atoms with Crippen LogP contribution < -0.4 is 5.73 Å². The summed E-state index contributed by atoms with van der Waals surface area (Å²) >= 11 is 11.8. The van der Waals surface area contributed by atoms with Gasteiger partial charge in [-0.15, -0.1) is 0 Å². The van der Waals surface area contributed by atoms with E-state index in [0.717, 1.165) is 16.6 Å². The Hall–Kier alpha value is -0.990. The third-order valence-corrected chi connectivity index (χ3v) is 2.80. The second-order valence-corrected chi connectivity index (χ2v) is 3.90. The molecule has 0 fully saturated rings. The highest BCUT2D eigenvalue weighted by Gasteiger charge is 2.07. The van der Waals surface area contributed by atoms with E-state index in [0.29, 0.717) is 15.7 Å². The van der Waals surface area contributed by atoms with E-state index < -0.39 is 0 Å². The molecule has 2 aromatic rings. The van der Waals surface area contributed by atoms with E-state index in [2.05, 4.69) is 4.98 Å². The molecular weight excluding hydrogens is 219 g/mol. The van der Waals surface area contributed by atoms with Crippen LogP contribution in [0.4, 0.5) is 5.69 Å². The summed E-state index contributed by atoms with van der Waals surface area (Å²) in [6, 6.07) is 5.38. The number of benzene rings is 1. The molecule has 0 atom stereocenters. The van der Waals surface area contributed by atoms with E-state index in [4.69, 9.17) is 28.9 Å². The summed E-state index contributed by atoms with van der Waals surface area (Å²) in [5.74, 6) is 0. The number of nitrogens with zero attached hydrogens (tertiary/aromatic N) is 1. The zero-order valence-electron chi connectivity index (χ0n) is 7.51. The molecule has 0 radical (unpaired) electrons. The zero-order chi connectivity index (χ0) is 10.3. The van der Waals surface area contributed by atoms with Crippen molar-refractivity contribution in [1.82, 2.24) is 4.98 Å². The summed E-state index contributed by atoms with van der Waals surface area (Å²) in [6.45, 7) is 1.83. The normalized spacial score (nSPS) is 10.8. The van der Waals surface area contributed by atoms with Gasteiger partial charge in [0.15, 0.2) is 0 Å². The fourth-order valence-electron chi connectivity index (χ4n) is 1.36. The van der Waals surface area contributed by atoms with E-state index in [1.807, 2.05) is 13.0 Å². The maximum Gasteiger partial charge on any atom is 0.0854 e. The molecule has 0 saturated heterocycles. The van der Waals surface area contributed by atoms with Crippen molar-refractivity contribution in [3.05, 3.63) is 33.9 Å². The Labute approximate surface area is 91.6 Å². The number of nitrogens with two attached hydrogens (primary N) is 1. The second-order valence-electron chi connectivity index (χ2n) is 3.09. The van der Waals surface area contributed by atoms with Crippen LogP contribution in [0.2, 0.25) is 10.0 Å². The number of pyridine rings is 1. The van der Waals surface area contributed by atoms with Crippen LogP contribution in [-0.4, -0.2) is 4.98 Å². The van der Waals surface area contributed by atoms with Crippen LogP contribution in [0.5, 0.6) is 0 Å². The standard InChI is InChI=1S/C10H8Cl2N2/c1-5-9(12)10(13)7-4-6(11)2-3-8(7)14-5/h2-4H,1H3,(H2,13,14). The first-order valence-electron chi connectivity index (χ1n) is 4.10. The minimum absolute atomic E-state index is 0.500. The van der Waals surface area contributed by atoms with Crippen molar-refractivity contribution in [2.24, 2.45) is 0 Å². The fourth-order valence-corrected chi connectivity index (χ4v) is 1.68. The SMILES string of the molecule is Cc1nc2ccc(Cl)cc2c(N)c1Cl. The second kappa shape index (κ2) is 3.30. The minimum atomic E-state index is 0.500. The number of nitrogen functional groups attached to an aromatic ring is 1. The van der Waals surface area contributed by atoms with Crippen LogP contribution in [0.15, 0.2) is 18.2 Å². The molecule has 1 aromatic carbocycles. The molecule has 2 rings (SSSR count). The summed E-state index contributed by atoms with van der Waals surface area (Å²) in [4.78, 5) is 4.31. The molecule has 0 aliphatic heterocycles. The number of aromatic nitrogens is 1. The van der Waals surface area contributed by atoms with Crippen LogP contribution in [-0.2, 0) is 0 Å². The lowest BCUT2D eigenvalue weighted by atomic mass is 10.1. The van der Waals surface area contributed by atoms with Crippen LogP contribution >= 0.6 is 23.2 Å². The highest BCUT2D eigenvalue weighted by molar-refractivity contribution is 6.35. The molecule has 0 spiro atoms. The predicted molar refractivity (Wildman–Crippen MR) is 60.9 cm³/mol. The topological polar surface area (TPSA) is 38.9 Å². The quantitative estimate of drug-likeness (QED) is 0.748. The van der Waals surface area contributed by atoms with Gasteiger partial charge in [0.1, 0.15) is 0 Å². The van der Waals surface area contributed by atoms with Crippen LogP contribution in [0.3, 0.4) is 0 Å². The molecule has 1 heterocycles. The van der Waals surface area contributed by atoms with Gasteiger partial charge in [-0.05, 0) is 25.1 Å². The first-order chi connectivity index (χ1) is 6.59. The summed E-state index contributed by atoms with van der Waals surface area (Å²) in [7, 11) is 0. The van der Waals surface area contributed by atoms with Gasteiger partial charge in [-0.25, -0.2) is 0 Å². The average Bonchev–Trinajstić information content (AvgIpc) is 2.16. The molecule has 0 aliphatic rings. The van der Waals surface area contributed by atoms with Gasteiger partial charge >= 0.3 is 0 Å². The van der Waals surface area contributed by atoms with Crippen molar-refractivity contribution in [1.29, 1.82) is 0 Å². The zero-order valence-corrected chi connectivity index (χ0v) is 9.02. The van der Waals surface area contributed by atoms with Crippen LogP contribution in [0.25, 0.3) is 10.9 Å². The Morgan fingerprint density at radius 3 is 2.71 bits per heavy atom. The van der Waals surface area contributed by atoms with Gasteiger partial charge in [0, 0.05) is 10.4 Å². The van der Waals surface area contributed by atoms with E-state index in [9.17, 15) is 0 Å². The van der Waals surface area contributed by atoms with Gasteiger partial charge in [-0.3, -0.25) is 4.98 Å². The molecule has 4 heteroatoms. The lowest BCUT2D eigenvalue weighted by Gasteiger charge is -2.06. The molecule has 72 valence electrons. The smallest absolute Gasteiger partial charge is 0.0854 e. The number of rotatable bonds is 0. The van der Waals surface area contributed by atoms with Crippen molar-refractivity contribution >= 4 is 39.8 Å². The average molecular weight is 227 g/mol. The highest BCUT2D eigenvalue weighted by Crippen LogP contribution is 2.30. The third-order valence-electron chi connectivity index (χ3n) is 2.09. The summed E-state index contributed by atoms with van der Waals surface area (Å²) < 4.78 is 0. The van der Waals surface area contributed by atoms with Crippen molar-refractivity contribution in [2.45, 2.75) is 6.92 Å². The van der Waals surface area contributed by atoms with Crippen molar-refractivity contribution in [3.63, 3.8) is 0 Å². The Morgan fingerprint density at radius 1 is 1.29 bits per heavy atom. The number of anilines is 1. The summed E-state index contributed by atoms with van der Waals surface area (Å²) in [6.07, 6.45) is 0. The van der Waals surface area contributed by atoms with Gasteiger partial charge in [0.2, 0.25) is 0 Å². The number of fused-ring (bicyclic) bond motifs is 1. The Morgan fingerprint density at radius 2 is 2.00 bits per heavy atom. The summed E-state index contributed by atoms with van der Waals surface area (Å²) in [5, 5.41) is 1.93. The molecule has 2 nitrogen and oxygen atoms in total. The molecule has 14 heavy (non-hydrogen) atoms. The lowest BCUT2D eigenvalue weighted by molar-refractivity contribution is 1.26. The van der Waals surface area contributed by atoms with Crippen molar-refractivity contribution in [2.75, 3.05) is 5.73 Å². The van der Waals surface area contributed by atoms with Crippen LogP contribution in [0, 0.1) is 6.92 Å². The van der Waals surface area contributed by atoms with Gasteiger partial charge in [0.05, 0.1) is 21.9 Å². The Balaban J connectivity index is 2.92. The first kappa shape index (κ1) is 9.56. The van der Waals surface area contributed by atoms with Crippen LogP contribution in [0.1, 0.15) is 5.69 Å². The Kier molecular flexibility index (Phi) is 2.25. The van der Waals surface area contributed by atoms with E-state index >= 15 is 0 Å². The minimum Gasteiger partial charge on any atom is -0.397 e. The number of halogens is 2. The molecule has 1 aromatic heterocycles. The van der Waals surface area contributed by atoms with Crippen molar-refractivity contribution in [3.8, 4) is 0 Å². The molecule has 0 amide bonds. The first-order valence-corrected chi connectivity index (χ1v) is 4.86. The van der Waals surface area contributed by atoms with E-state index in [1.54, 1.807) is 12.1 Å². The maximum atomic E-state index is 5.98. The summed E-state index contributed by atoms with van der Waals surface area (Å²) in [5.41, 5.74) is 7.94. The van der Waals surface area contributed by atoms with E-state index in [1.165, 1.54) is 0 Å². The molecular formula is C10H8Cl2N2. The number of hydrogen-bond acceptors (Lipinski definition) is 2. The number of hydrogen-bond donors (Lipinski definition) is 1. The predicted octanol–water partition coefficient (Wildman–Crippen LogP) is 3.43. The van der Waals surface area contributed by atoms with Gasteiger partial charge in [-0.1, -0.05) is 23.2 Å². The molecule has 0 unspecified atom stereocenters. The molecule has 0 saturated carbocycles.